The van der Waals surface area contributed by atoms with E-state index >= 15 is 0 Å². The van der Waals surface area contributed by atoms with E-state index in [1.54, 1.807) is 0 Å². The molecule has 0 fully saturated rings. The number of hydrogen-bond donors (Lipinski definition) is 1. The van der Waals surface area contributed by atoms with E-state index in [1.165, 1.54) is 16.5 Å². The smallest absolute Gasteiger partial charge is 0.0483 e. The lowest BCUT2D eigenvalue weighted by atomic mass is 10.1. The Morgan fingerprint density at radius 3 is 2.75 bits per heavy atom. The number of aromatic nitrogens is 1. The Labute approximate surface area is 97.1 Å². The summed E-state index contributed by atoms with van der Waals surface area (Å²) in [6.07, 6.45) is 4.38. The molecule has 0 amide bonds. The van der Waals surface area contributed by atoms with E-state index in [1.807, 2.05) is 0 Å². The van der Waals surface area contributed by atoms with Crippen LogP contribution in [0.25, 0.3) is 10.9 Å². The fraction of sp³-hybridized carbons (Fsp3) is 0.429. The predicted octanol–water partition coefficient (Wildman–Crippen LogP) is 2.94. The second-order valence-electron chi connectivity index (χ2n) is 4.55. The van der Waals surface area contributed by atoms with E-state index in [0.29, 0.717) is 0 Å². The van der Waals surface area contributed by atoms with Crippen molar-refractivity contribution in [3.05, 3.63) is 36.0 Å². The van der Waals surface area contributed by atoms with E-state index < -0.39 is 0 Å². The lowest BCUT2D eigenvalue weighted by Crippen LogP contribution is -2.17. The Bertz CT molecular complexity index is 469. The average Bonchev–Trinajstić information content (AvgIpc) is 2.58. The standard InChI is InChI=1S/C14H20N2/c1-3-8-16-10-12(9-11(2)15)13-6-4-5-7-14(13)16/h4-7,10-11H,3,8-9,15H2,1-2H3/t11-/m0/s1. The summed E-state index contributed by atoms with van der Waals surface area (Å²) in [5.74, 6) is 0. The molecule has 1 atom stereocenters. The molecule has 2 aromatic rings. The summed E-state index contributed by atoms with van der Waals surface area (Å²) in [7, 11) is 0. The fourth-order valence-corrected chi connectivity index (χ4v) is 2.26. The first kappa shape index (κ1) is 11.2. The van der Waals surface area contributed by atoms with Gasteiger partial charge in [0.05, 0.1) is 0 Å². The largest absolute Gasteiger partial charge is 0.347 e. The molecule has 16 heavy (non-hydrogen) atoms. The molecule has 0 bridgehead atoms. The van der Waals surface area contributed by atoms with Crippen molar-refractivity contribution in [3.8, 4) is 0 Å². The van der Waals surface area contributed by atoms with Crippen molar-refractivity contribution in [1.29, 1.82) is 0 Å². The molecule has 2 heteroatoms. The molecule has 2 N–H and O–H groups in total. The van der Waals surface area contributed by atoms with Gasteiger partial charge < -0.3 is 10.3 Å². The quantitative estimate of drug-likeness (QED) is 0.837. The number of nitrogens with two attached hydrogens (primary N) is 1. The molecule has 0 saturated heterocycles. The van der Waals surface area contributed by atoms with Gasteiger partial charge in [0.2, 0.25) is 0 Å². The number of fused-ring (bicyclic) bond motifs is 1. The maximum atomic E-state index is 5.89. The lowest BCUT2D eigenvalue weighted by molar-refractivity contribution is 0.692. The van der Waals surface area contributed by atoms with Gasteiger partial charge in [0.1, 0.15) is 0 Å². The summed E-state index contributed by atoms with van der Waals surface area (Å²) in [5, 5.41) is 1.35. The number of aryl methyl sites for hydroxylation is 1. The molecule has 0 aliphatic carbocycles. The van der Waals surface area contributed by atoms with Crippen molar-refractivity contribution < 1.29 is 0 Å². The van der Waals surface area contributed by atoms with Crippen molar-refractivity contribution >= 4 is 10.9 Å². The summed E-state index contributed by atoms with van der Waals surface area (Å²) >= 11 is 0. The number of hydrogen-bond acceptors (Lipinski definition) is 1. The molecular formula is C14H20N2. The minimum Gasteiger partial charge on any atom is -0.347 e. The highest BCUT2D eigenvalue weighted by atomic mass is 15.0. The Balaban J connectivity index is 2.48. The van der Waals surface area contributed by atoms with Gasteiger partial charge in [-0.2, -0.15) is 0 Å². The Morgan fingerprint density at radius 2 is 2.06 bits per heavy atom. The van der Waals surface area contributed by atoms with Gasteiger partial charge in [-0.25, -0.2) is 0 Å². The van der Waals surface area contributed by atoms with Crippen LogP contribution in [0.3, 0.4) is 0 Å². The van der Waals surface area contributed by atoms with Gasteiger partial charge in [-0.1, -0.05) is 25.1 Å². The summed E-state index contributed by atoms with van der Waals surface area (Å²) in [6.45, 7) is 5.35. The molecular weight excluding hydrogens is 196 g/mol. The summed E-state index contributed by atoms with van der Waals surface area (Å²) in [4.78, 5) is 0. The van der Waals surface area contributed by atoms with Gasteiger partial charge in [-0.15, -0.1) is 0 Å². The van der Waals surface area contributed by atoms with Crippen LogP contribution in [-0.2, 0) is 13.0 Å². The molecule has 0 unspecified atom stereocenters. The maximum absolute atomic E-state index is 5.89. The van der Waals surface area contributed by atoms with Crippen LogP contribution in [0, 0.1) is 0 Å². The monoisotopic (exact) mass is 216 g/mol. The second kappa shape index (κ2) is 4.71. The Morgan fingerprint density at radius 1 is 1.31 bits per heavy atom. The van der Waals surface area contributed by atoms with Gasteiger partial charge >= 0.3 is 0 Å². The molecule has 1 aromatic heterocycles. The van der Waals surface area contributed by atoms with E-state index in [9.17, 15) is 0 Å². The van der Waals surface area contributed by atoms with Crippen molar-refractivity contribution in [2.24, 2.45) is 5.73 Å². The van der Waals surface area contributed by atoms with Crippen LogP contribution >= 0.6 is 0 Å². The number of benzene rings is 1. The summed E-state index contributed by atoms with van der Waals surface area (Å²) in [5.41, 5.74) is 8.60. The molecule has 0 saturated carbocycles. The van der Waals surface area contributed by atoms with E-state index in [2.05, 4.69) is 48.9 Å². The molecule has 2 rings (SSSR count). The Kier molecular flexibility index (Phi) is 3.30. The fourth-order valence-electron chi connectivity index (χ4n) is 2.26. The van der Waals surface area contributed by atoms with E-state index in [4.69, 9.17) is 5.73 Å². The zero-order valence-corrected chi connectivity index (χ0v) is 10.1. The van der Waals surface area contributed by atoms with Crippen molar-refractivity contribution in [2.75, 3.05) is 0 Å². The van der Waals surface area contributed by atoms with Gasteiger partial charge in [0, 0.05) is 29.7 Å². The topological polar surface area (TPSA) is 30.9 Å². The van der Waals surface area contributed by atoms with Crippen LogP contribution in [0.4, 0.5) is 0 Å². The number of para-hydroxylation sites is 1. The third-order valence-corrected chi connectivity index (χ3v) is 2.88. The van der Waals surface area contributed by atoms with Gasteiger partial charge in [-0.3, -0.25) is 0 Å². The van der Waals surface area contributed by atoms with Crippen LogP contribution in [0.1, 0.15) is 25.8 Å². The van der Waals surface area contributed by atoms with Gasteiger partial charge in [-0.05, 0) is 31.4 Å². The maximum Gasteiger partial charge on any atom is 0.0483 e. The summed E-state index contributed by atoms with van der Waals surface area (Å²) < 4.78 is 2.34. The molecule has 1 aromatic carbocycles. The normalized spacial score (nSPS) is 13.2. The minimum absolute atomic E-state index is 0.223. The number of rotatable bonds is 4. The van der Waals surface area contributed by atoms with Crippen LogP contribution in [-0.4, -0.2) is 10.6 Å². The lowest BCUT2D eigenvalue weighted by Gasteiger charge is -2.02. The molecule has 86 valence electrons. The van der Waals surface area contributed by atoms with Crippen LogP contribution in [0.2, 0.25) is 0 Å². The molecule has 1 heterocycles. The second-order valence-corrected chi connectivity index (χ2v) is 4.55. The van der Waals surface area contributed by atoms with Crippen molar-refractivity contribution in [3.63, 3.8) is 0 Å². The van der Waals surface area contributed by atoms with Crippen LogP contribution in [0.5, 0.6) is 0 Å². The Hall–Kier alpha value is -1.28. The zero-order chi connectivity index (χ0) is 11.5. The van der Waals surface area contributed by atoms with Crippen LogP contribution < -0.4 is 5.73 Å². The first-order chi connectivity index (χ1) is 7.72. The molecule has 0 spiro atoms. The molecule has 0 aliphatic rings. The number of nitrogens with zero attached hydrogens (tertiary/aromatic N) is 1. The highest BCUT2D eigenvalue weighted by molar-refractivity contribution is 5.84. The van der Waals surface area contributed by atoms with E-state index in [-0.39, 0.29) is 6.04 Å². The van der Waals surface area contributed by atoms with E-state index in [0.717, 1.165) is 19.4 Å². The third kappa shape index (κ3) is 2.12. The first-order valence-corrected chi connectivity index (χ1v) is 6.04. The molecule has 0 radical (unpaired) electrons. The van der Waals surface area contributed by atoms with Gasteiger partial charge in [0.25, 0.3) is 0 Å². The zero-order valence-electron chi connectivity index (χ0n) is 10.1. The first-order valence-electron chi connectivity index (χ1n) is 6.04. The minimum atomic E-state index is 0.223. The average molecular weight is 216 g/mol. The molecule has 2 nitrogen and oxygen atoms in total. The van der Waals surface area contributed by atoms with Crippen molar-refractivity contribution in [2.45, 2.75) is 39.3 Å². The predicted molar refractivity (Wildman–Crippen MR) is 69.6 cm³/mol. The van der Waals surface area contributed by atoms with Crippen LogP contribution in [0.15, 0.2) is 30.5 Å². The summed E-state index contributed by atoms with van der Waals surface area (Å²) in [6, 6.07) is 8.81. The van der Waals surface area contributed by atoms with Crippen molar-refractivity contribution in [1.82, 2.24) is 4.57 Å². The highest BCUT2D eigenvalue weighted by Crippen LogP contribution is 2.22. The van der Waals surface area contributed by atoms with Gasteiger partial charge in [0.15, 0.2) is 0 Å². The SMILES string of the molecule is CCCn1cc(C[C@H](C)N)c2ccccc21. The molecule has 0 aliphatic heterocycles. The third-order valence-electron chi connectivity index (χ3n) is 2.88. The highest BCUT2D eigenvalue weighted by Gasteiger charge is 2.08.